The highest BCUT2D eigenvalue weighted by Crippen LogP contribution is 2.28. The van der Waals surface area contributed by atoms with E-state index in [0.29, 0.717) is 13.0 Å². The highest BCUT2D eigenvalue weighted by molar-refractivity contribution is 5.96. The summed E-state index contributed by atoms with van der Waals surface area (Å²) in [5, 5.41) is 13.3. The maximum Gasteiger partial charge on any atom is 0.241 e. The number of anilines is 1. The van der Waals surface area contributed by atoms with Gasteiger partial charge in [-0.05, 0) is 43.9 Å². The number of likely N-dealkylation sites (tertiary alicyclic amines) is 1. The summed E-state index contributed by atoms with van der Waals surface area (Å²) in [6.45, 7) is 2.16. The van der Waals surface area contributed by atoms with Gasteiger partial charge >= 0.3 is 0 Å². The maximum atomic E-state index is 12.8. The predicted molar refractivity (Wildman–Crippen MR) is 96.4 cm³/mol. The molecule has 25 heavy (non-hydrogen) atoms. The van der Waals surface area contributed by atoms with E-state index in [9.17, 15) is 14.7 Å². The predicted octanol–water partition coefficient (Wildman–Crippen LogP) is 0.929. The molecule has 6 heteroatoms. The molecule has 1 unspecified atom stereocenters. The molecule has 2 amide bonds. The molecule has 0 bridgehead atoms. The summed E-state index contributed by atoms with van der Waals surface area (Å²) in [5.41, 5.74) is 1.19. The lowest BCUT2D eigenvalue weighted by Crippen LogP contribution is -2.53. The quantitative estimate of drug-likeness (QED) is 0.851. The van der Waals surface area contributed by atoms with E-state index in [0.717, 1.165) is 38.0 Å². The Morgan fingerprint density at radius 3 is 2.84 bits per heavy atom. The molecule has 2 aliphatic rings. The van der Waals surface area contributed by atoms with Gasteiger partial charge in [0.15, 0.2) is 0 Å². The Balaban J connectivity index is 1.64. The molecule has 2 aliphatic heterocycles. The zero-order valence-corrected chi connectivity index (χ0v) is 14.8. The number of amides is 2. The summed E-state index contributed by atoms with van der Waals surface area (Å²) in [7, 11) is 1.57. The lowest BCUT2D eigenvalue weighted by molar-refractivity contribution is -0.129. The monoisotopic (exact) mass is 345 g/mol. The number of fused-ring (bicyclic) bond motifs is 1. The van der Waals surface area contributed by atoms with Gasteiger partial charge in [0.05, 0.1) is 18.6 Å². The Kier molecular flexibility index (Phi) is 5.39. The van der Waals surface area contributed by atoms with Gasteiger partial charge in [-0.25, -0.2) is 0 Å². The minimum Gasteiger partial charge on any atom is -0.388 e. The second-order valence-corrected chi connectivity index (χ2v) is 7.17. The number of aryl methyl sites for hydroxylation is 1. The number of rotatable bonds is 4. The summed E-state index contributed by atoms with van der Waals surface area (Å²) in [4.78, 5) is 28.3. The van der Waals surface area contributed by atoms with Gasteiger partial charge < -0.3 is 15.3 Å². The number of carbonyl (C=O) groups is 2. The Morgan fingerprint density at radius 1 is 1.24 bits per heavy atom. The molecule has 0 saturated carbocycles. The number of β-amino-alcohol motifs (C(OH)–C–C–N with tert-alkyl or cyclic N) is 1. The van der Waals surface area contributed by atoms with Crippen molar-refractivity contribution in [3.8, 4) is 0 Å². The number of hydrogen-bond donors (Lipinski definition) is 2. The van der Waals surface area contributed by atoms with Crippen LogP contribution in [-0.2, 0) is 16.0 Å². The molecule has 1 atom stereocenters. The van der Waals surface area contributed by atoms with Gasteiger partial charge in [0, 0.05) is 25.8 Å². The van der Waals surface area contributed by atoms with Crippen molar-refractivity contribution >= 4 is 17.5 Å². The van der Waals surface area contributed by atoms with Gasteiger partial charge in [-0.1, -0.05) is 18.2 Å². The van der Waals surface area contributed by atoms with Crippen LogP contribution in [0.1, 0.15) is 31.2 Å². The molecule has 1 aromatic carbocycles. The van der Waals surface area contributed by atoms with Crippen molar-refractivity contribution in [2.75, 3.05) is 38.1 Å². The summed E-state index contributed by atoms with van der Waals surface area (Å²) < 4.78 is 0. The summed E-state index contributed by atoms with van der Waals surface area (Å²) in [6.07, 6.45) is 3.45. The fourth-order valence-corrected chi connectivity index (χ4v) is 3.94. The molecule has 136 valence electrons. The third kappa shape index (κ3) is 4.19. The van der Waals surface area contributed by atoms with E-state index in [1.807, 2.05) is 28.0 Å². The number of nitrogens with zero attached hydrogens (tertiary/aromatic N) is 2. The Hall–Kier alpha value is -1.92. The van der Waals surface area contributed by atoms with Crippen LogP contribution in [0.2, 0.25) is 0 Å². The smallest absolute Gasteiger partial charge is 0.241 e. The van der Waals surface area contributed by atoms with Crippen LogP contribution in [0.5, 0.6) is 0 Å². The minimum atomic E-state index is -1.04. The van der Waals surface area contributed by atoms with Gasteiger partial charge in [0.1, 0.15) is 0 Å². The number of para-hydroxylation sites is 1. The first kappa shape index (κ1) is 17.9. The Bertz CT molecular complexity index is 649. The molecule has 2 heterocycles. The molecule has 1 aromatic rings. The SMILES string of the molecule is CNC(=O)CC1(O)CCCN(CC(=O)N2CCCc3ccccc32)C1. The van der Waals surface area contributed by atoms with Crippen molar-refractivity contribution in [3.05, 3.63) is 29.8 Å². The van der Waals surface area contributed by atoms with Crippen LogP contribution in [-0.4, -0.2) is 60.6 Å². The summed E-state index contributed by atoms with van der Waals surface area (Å²) in [6, 6.07) is 8.06. The van der Waals surface area contributed by atoms with Crippen molar-refractivity contribution in [2.45, 2.75) is 37.7 Å². The average molecular weight is 345 g/mol. The zero-order chi connectivity index (χ0) is 17.9. The lowest BCUT2D eigenvalue weighted by Gasteiger charge is -2.39. The van der Waals surface area contributed by atoms with Crippen molar-refractivity contribution in [3.63, 3.8) is 0 Å². The van der Waals surface area contributed by atoms with Crippen LogP contribution in [0, 0.1) is 0 Å². The fourth-order valence-electron chi connectivity index (χ4n) is 3.94. The molecular formula is C19H27N3O3. The number of benzene rings is 1. The van der Waals surface area contributed by atoms with E-state index in [1.54, 1.807) is 7.05 Å². The van der Waals surface area contributed by atoms with E-state index < -0.39 is 5.60 Å². The van der Waals surface area contributed by atoms with Crippen molar-refractivity contribution < 1.29 is 14.7 Å². The largest absolute Gasteiger partial charge is 0.388 e. The van der Waals surface area contributed by atoms with Crippen molar-refractivity contribution in [1.82, 2.24) is 10.2 Å². The van der Waals surface area contributed by atoms with E-state index in [2.05, 4.69) is 11.4 Å². The topological polar surface area (TPSA) is 72.9 Å². The molecule has 0 aromatic heterocycles. The summed E-state index contributed by atoms with van der Waals surface area (Å²) >= 11 is 0. The zero-order valence-electron chi connectivity index (χ0n) is 14.8. The van der Waals surface area contributed by atoms with Gasteiger partial charge in [-0.3, -0.25) is 14.5 Å². The van der Waals surface area contributed by atoms with Gasteiger partial charge in [0.2, 0.25) is 11.8 Å². The van der Waals surface area contributed by atoms with Gasteiger partial charge in [-0.2, -0.15) is 0 Å². The van der Waals surface area contributed by atoms with E-state index in [4.69, 9.17) is 0 Å². The van der Waals surface area contributed by atoms with E-state index in [-0.39, 0.29) is 24.8 Å². The van der Waals surface area contributed by atoms with Crippen molar-refractivity contribution in [2.24, 2.45) is 0 Å². The maximum absolute atomic E-state index is 12.8. The Morgan fingerprint density at radius 2 is 2.04 bits per heavy atom. The second-order valence-electron chi connectivity index (χ2n) is 7.17. The molecule has 0 radical (unpaired) electrons. The van der Waals surface area contributed by atoms with Crippen LogP contribution in [0.25, 0.3) is 0 Å². The third-order valence-corrected chi connectivity index (χ3v) is 5.17. The minimum absolute atomic E-state index is 0.0661. The number of hydrogen-bond acceptors (Lipinski definition) is 4. The highest BCUT2D eigenvalue weighted by Gasteiger charge is 2.36. The molecule has 6 nitrogen and oxygen atoms in total. The Labute approximate surface area is 148 Å². The van der Waals surface area contributed by atoms with Gasteiger partial charge in [0.25, 0.3) is 0 Å². The third-order valence-electron chi connectivity index (χ3n) is 5.17. The average Bonchev–Trinajstić information content (AvgIpc) is 2.60. The summed E-state index contributed by atoms with van der Waals surface area (Å²) in [5.74, 6) is -0.100. The van der Waals surface area contributed by atoms with Crippen LogP contribution >= 0.6 is 0 Å². The van der Waals surface area contributed by atoms with Gasteiger partial charge in [-0.15, -0.1) is 0 Å². The molecule has 0 spiro atoms. The normalized spacial score (nSPS) is 23.8. The van der Waals surface area contributed by atoms with Crippen LogP contribution in [0.4, 0.5) is 5.69 Å². The first-order valence-electron chi connectivity index (χ1n) is 9.04. The molecule has 1 fully saturated rings. The second kappa shape index (κ2) is 7.54. The molecule has 0 aliphatic carbocycles. The number of piperidine rings is 1. The number of nitrogens with one attached hydrogen (secondary N) is 1. The first-order valence-corrected chi connectivity index (χ1v) is 9.04. The first-order chi connectivity index (χ1) is 12.0. The number of aliphatic hydroxyl groups is 1. The van der Waals surface area contributed by atoms with E-state index in [1.165, 1.54) is 5.56 Å². The molecule has 1 saturated heterocycles. The number of carbonyl (C=O) groups excluding carboxylic acids is 2. The fraction of sp³-hybridized carbons (Fsp3) is 0.579. The standard InChI is InChI=1S/C19H27N3O3/c1-20-17(23)12-19(25)9-5-10-21(14-19)13-18(24)22-11-4-7-15-6-2-3-8-16(15)22/h2-3,6,8,25H,4-5,7,9-14H2,1H3,(H,20,23). The van der Waals surface area contributed by atoms with E-state index >= 15 is 0 Å². The van der Waals surface area contributed by atoms with Crippen LogP contribution in [0.3, 0.4) is 0 Å². The van der Waals surface area contributed by atoms with Crippen molar-refractivity contribution in [1.29, 1.82) is 0 Å². The molecule has 3 rings (SSSR count). The highest BCUT2D eigenvalue weighted by atomic mass is 16.3. The van der Waals surface area contributed by atoms with Crippen LogP contribution in [0.15, 0.2) is 24.3 Å². The molecule has 2 N–H and O–H groups in total. The van der Waals surface area contributed by atoms with Crippen LogP contribution < -0.4 is 10.2 Å². The lowest BCUT2D eigenvalue weighted by atomic mass is 9.89. The molecular weight excluding hydrogens is 318 g/mol.